The largest absolute Gasteiger partial charge is 0.497 e. The highest BCUT2D eigenvalue weighted by Gasteiger charge is 2.10. The fourth-order valence-electron chi connectivity index (χ4n) is 2.81. The SMILES string of the molecule is COc1ccc(CNc2cc(C(=O)NCc3cccc(C)c3)nc(C)n2)cc1. The number of nitrogens with one attached hydrogen (secondary N) is 2. The van der Waals surface area contributed by atoms with E-state index in [0.717, 1.165) is 22.4 Å². The highest BCUT2D eigenvalue weighted by atomic mass is 16.5. The van der Waals surface area contributed by atoms with Gasteiger partial charge >= 0.3 is 0 Å². The highest BCUT2D eigenvalue weighted by molar-refractivity contribution is 5.92. The van der Waals surface area contributed by atoms with Crippen LogP contribution in [0.2, 0.25) is 0 Å². The fraction of sp³-hybridized carbons (Fsp3) is 0.227. The molecular formula is C22H24N4O2. The second-order valence-corrected chi connectivity index (χ2v) is 6.56. The number of aromatic nitrogens is 2. The number of carbonyl (C=O) groups is 1. The summed E-state index contributed by atoms with van der Waals surface area (Å²) in [6.07, 6.45) is 0. The summed E-state index contributed by atoms with van der Waals surface area (Å²) in [7, 11) is 1.64. The molecule has 3 aromatic rings. The fourth-order valence-corrected chi connectivity index (χ4v) is 2.81. The molecule has 0 fully saturated rings. The van der Waals surface area contributed by atoms with Gasteiger partial charge < -0.3 is 15.4 Å². The number of hydrogen-bond acceptors (Lipinski definition) is 5. The minimum Gasteiger partial charge on any atom is -0.497 e. The third-order valence-corrected chi connectivity index (χ3v) is 4.24. The second kappa shape index (κ2) is 8.99. The van der Waals surface area contributed by atoms with Crippen LogP contribution in [0.15, 0.2) is 54.6 Å². The number of anilines is 1. The monoisotopic (exact) mass is 376 g/mol. The van der Waals surface area contributed by atoms with Gasteiger partial charge in [0.2, 0.25) is 0 Å². The molecule has 0 radical (unpaired) electrons. The standard InChI is InChI=1S/C22H24N4O2/c1-15-5-4-6-18(11-15)14-24-22(27)20-12-21(26-16(2)25-20)23-13-17-7-9-19(28-3)10-8-17/h4-12H,13-14H2,1-3H3,(H,24,27)(H,23,25,26). The average Bonchev–Trinajstić information content (AvgIpc) is 2.70. The van der Waals surface area contributed by atoms with Crippen LogP contribution in [0.4, 0.5) is 5.82 Å². The lowest BCUT2D eigenvalue weighted by atomic mass is 10.1. The second-order valence-electron chi connectivity index (χ2n) is 6.56. The van der Waals surface area contributed by atoms with Gasteiger partial charge in [0.1, 0.15) is 23.1 Å². The average molecular weight is 376 g/mol. The third-order valence-electron chi connectivity index (χ3n) is 4.24. The van der Waals surface area contributed by atoms with Crippen LogP contribution in [0.1, 0.15) is 33.0 Å². The molecule has 2 aromatic carbocycles. The molecule has 6 nitrogen and oxygen atoms in total. The Morgan fingerprint density at radius 1 is 0.964 bits per heavy atom. The number of methoxy groups -OCH3 is 1. The molecule has 2 N–H and O–H groups in total. The van der Waals surface area contributed by atoms with Crippen LogP contribution in [0.25, 0.3) is 0 Å². The van der Waals surface area contributed by atoms with E-state index in [1.54, 1.807) is 20.1 Å². The van der Waals surface area contributed by atoms with Crippen molar-refractivity contribution in [3.8, 4) is 5.75 Å². The molecule has 0 spiro atoms. The molecule has 3 rings (SSSR count). The van der Waals surface area contributed by atoms with E-state index in [1.807, 2.05) is 55.5 Å². The molecule has 0 saturated carbocycles. The first-order valence-electron chi connectivity index (χ1n) is 9.10. The molecule has 0 unspecified atom stereocenters. The first kappa shape index (κ1) is 19.4. The van der Waals surface area contributed by atoms with Gasteiger partial charge in [-0.15, -0.1) is 0 Å². The van der Waals surface area contributed by atoms with Crippen LogP contribution in [-0.2, 0) is 13.1 Å². The summed E-state index contributed by atoms with van der Waals surface area (Å²) in [6.45, 7) is 4.85. The van der Waals surface area contributed by atoms with Crippen LogP contribution >= 0.6 is 0 Å². The van der Waals surface area contributed by atoms with Gasteiger partial charge in [0.25, 0.3) is 5.91 Å². The summed E-state index contributed by atoms with van der Waals surface area (Å²) < 4.78 is 5.17. The number of rotatable bonds is 7. The minimum absolute atomic E-state index is 0.223. The lowest BCUT2D eigenvalue weighted by Gasteiger charge is -2.10. The van der Waals surface area contributed by atoms with Gasteiger partial charge in [-0.2, -0.15) is 0 Å². The topological polar surface area (TPSA) is 76.1 Å². The van der Waals surface area contributed by atoms with Crippen molar-refractivity contribution in [1.82, 2.24) is 15.3 Å². The molecule has 0 aliphatic carbocycles. The lowest BCUT2D eigenvalue weighted by molar-refractivity contribution is 0.0945. The van der Waals surface area contributed by atoms with E-state index in [-0.39, 0.29) is 5.91 Å². The Morgan fingerprint density at radius 2 is 1.75 bits per heavy atom. The van der Waals surface area contributed by atoms with E-state index in [9.17, 15) is 4.79 Å². The molecule has 28 heavy (non-hydrogen) atoms. The molecule has 0 aliphatic heterocycles. The molecule has 1 aromatic heterocycles. The Balaban J connectivity index is 1.63. The molecule has 0 aliphatic rings. The van der Waals surface area contributed by atoms with Gasteiger partial charge in [-0.25, -0.2) is 9.97 Å². The van der Waals surface area contributed by atoms with Gasteiger partial charge in [0.15, 0.2) is 0 Å². The zero-order chi connectivity index (χ0) is 19.9. The molecule has 0 atom stereocenters. The van der Waals surface area contributed by atoms with Crippen molar-refractivity contribution in [3.63, 3.8) is 0 Å². The van der Waals surface area contributed by atoms with E-state index in [2.05, 4.69) is 20.6 Å². The van der Waals surface area contributed by atoms with Crippen molar-refractivity contribution in [2.24, 2.45) is 0 Å². The van der Waals surface area contributed by atoms with E-state index in [0.29, 0.717) is 30.4 Å². The number of carbonyl (C=O) groups excluding carboxylic acids is 1. The first-order valence-corrected chi connectivity index (χ1v) is 9.10. The summed E-state index contributed by atoms with van der Waals surface area (Å²) in [5.74, 6) is 1.75. The summed E-state index contributed by atoms with van der Waals surface area (Å²) in [6, 6.07) is 17.5. The predicted octanol–water partition coefficient (Wildman–Crippen LogP) is 3.64. The lowest BCUT2D eigenvalue weighted by Crippen LogP contribution is -2.24. The van der Waals surface area contributed by atoms with Crippen LogP contribution in [0, 0.1) is 13.8 Å². The van der Waals surface area contributed by atoms with Crippen LogP contribution in [0.5, 0.6) is 5.75 Å². The number of nitrogens with zero attached hydrogens (tertiary/aromatic N) is 2. The Kier molecular flexibility index (Phi) is 6.22. The first-order chi connectivity index (χ1) is 13.5. The number of benzene rings is 2. The van der Waals surface area contributed by atoms with E-state index in [4.69, 9.17) is 4.74 Å². The van der Waals surface area contributed by atoms with Crippen molar-refractivity contribution in [1.29, 1.82) is 0 Å². The van der Waals surface area contributed by atoms with Crippen molar-refractivity contribution < 1.29 is 9.53 Å². The molecule has 6 heteroatoms. The molecule has 1 heterocycles. The van der Waals surface area contributed by atoms with Crippen LogP contribution < -0.4 is 15.4 Å². The summed E-state index contributed by atoms with van der Waals surface area (Å²) >= 11 is 0. The molecular weight excluding hydrogens is 352 g/mol. The van der Waals surface area contributed by atoms with Gasteiger partial charge in [-0.3, -0.25) is 4.79 Å². The minimum atomic E-state index is -0.223. The normalized spacial score (nSPS) is 10.4. The quantitative estimate of drug-likeness (QED) is 0.658. The maximum atomic E-state index is 12.5. The van der Waals surface area contributed by atoms with Gasteiger partial charge in [0.05, 0.1) is 7.11 Å². The summed E-state index contributed by atoms with van der Waals surface area (Å²) in [5.41, 5.74) is 3.64. The smallest absolute Gasteiger partial charge is 0.270 e. The van der Waals surface area contributed by atoms with Crippen molar-refractivity contribution in [3.05, 3.63) is 82.8 Å². The number of ether oxygens (including phenoxy) is 1. The maximum absolute atomic E-state index is 12.5. The Bertz CT molecular complexity index is 955. The van der Waals surface area contributed by atoms with Crippen molar-refractivity contribution in [2.75, 3.05) is 12.4 Å². The van der Waals surface area contributed by atoms with Gasteiger partial charge in [-0.1, -0.05) is 42.0 Å². The highest BCUT2D eigenvalue weighted by Crippen LogP contribution is 2.13. The van der Waals surface area contributed by atoms with E-state index < -0.39 is 0 Å². The van der Waals surface area contributed by atoms with E-state index in [1.165, 1.54) is 0 Å². The van der Waals surface area contributed by atoms with Crippen molar-refractivity contribution in [2.45, 2.75) is 26.9 Å². The Hall–Kier alpha value is -3.41. The van der Waals surface area contributed by atoms with Gasteiger partial charge in [-0.05, 0) is 37.1 Å². The zero-order valence-corrected chi connectivity index (χ0v) is 16.3. The molecule has 0 bridgehead atoms. The van der Waals surface area contributed by atoms with Crippen molar-refractivity contribution >= 4 is 11.7 Å². The Labute approximate surface area is 165 Å². The summed E-state index contributed by atoms with van der Waals surface area (Å²) in [4.78, 5) is 21.1. The molecule has 0 saturated heterocycles. The maximum Gasteiger partial charge on any atom is 0.270 e. The molecule has 1 amide bonds. The molecule has 144 valence electrons. The van der Waals surface area contributed by atoms with Crippen LogP contribution in [0.3, 0.4) is 0 Å². The van der Waals surface area contributed by atoms with Crippen LogP contribution in [-0.4, -0.2) is 23.0 Å². The zero-order valence-electron chi connectivity index (χ0n) is 16.3. The number of amides is 1. The third kappa shape index (κ3) is 5.30. The number of hydrogen-bond donors (Lipinski definition) is 2. The predicted molar refractivity (Wildman–Crippen MR) is 109 cm³/mol. The van der Waals surface area contributed by atoms with Gasteiger partial charge in [0, 0.05) is 19.2 Å². The Morgan fingerprint density at radius 3 is 2.46 bits per heavy atom. The van der Waals surface area contributed by atoms with E-state index >= 15 is 0 Å². The number of aryl methyl sites for hydroxylation is 2. The summed E-state index contributed by atoms with van der Waals surface area (Å²) in [5, 5.41) is 6.16.